The average molecular weight is 291 g/mol. The summed E-state index contributed by atoms with van der Waals surface area (Å²) in [6.07, 6.45) is 7.52. The fourth-order valence-corrected chi connectivity index (χ4v) is 3.19. The SMILES string of the molecule is Fc1cc(F)c(C(Cl)CCC2CCCCC2)c(F)c1. The second kappa shape index (κ2) is 6.65. The van der Waals surface area contributed by atoms with E-state index in [1.807, 2.05) is 0 Å². The first kappa shape index (κ1) is 14.7. The Kier molecular flexibility index (Phi) is 5.14. The second-order valence-corrected chi connectivity index (χ2v) is 5.86. The lowest BCUT2D eigenvalue weighted by atomic mass is 9.85. The third-order valence-corrected chi connectivity index (χ3v) is 4.35. The normalized spacial score (nSPS) is 18.5. The highest BCUT2D eigenvalue weighted by Crippen LogP contribution is 2.35. The summed E-state index contributed by atoms with van der Waals surface area (Å²) >= 11 is 6.09. The Bertz CT molecular complexity index is 404. The molecule has 0 N–H and O–H groups in total. The van der Waals surface area contributed by atoms with Crippen molar-refractivity contribution in [1.29, 1.82) is 0 Å². The summed E-state index contributed by atoms with van der Waals surface area (Å²) < 4.78 is 40.0. The van der Waals surface area contributed by atoms with Crippen LogP contribution in [0, 0.1) is 23.4 Å². The van der Waals surface area contributed by atoms with E-state index in [1.54, 1.807) is 0 Å². The third kappa shape index (κ3) is 3.88. The molecule has 0 aromatic heterocycles. The summed E-state index contributed by atoms with van der Waals surface area (Å²) in [7, 11) is 0. The molecule has 1 aromatic carbocycles. The van der Waals surface area contributed by atoms with Crippen LogP contribution in [0.4, 0.5) is 13.2 Å². The molecule has 0 heterocycles. The largest absolute Gasteiger partial charge is 0.207 e. The van der Waals surface area contributed by atoms with E-state index in [1.165, 1.54) is 32.1 Å². The maximum absolute atomic E-state index is 13.6. The molecular formula is C15H18ClF3. The van der Waals surface area contributed by atoms with Crippen molar-refractivity contribution in [2.24, 2.45) is 5.92 Å². The van der Waals surface area contributed by atoms with Gasteiger partial charge in [0.2, 0.25) is 0 Å². The lowest BCUT2D eigenvalue weighted by Gasteiger charge is -2.22. The van der Waals surface area contributed by atoms with Gasteiger partial charge in [-0.05, 0) is 18.8 Å². The van der Waals surface area contributed by atoms with Gasteiger partial charge in [0.05, 0.1) is 5.38 Å². The van der Waals surface area contributed by atoms with E-state index in [9.17, 15) is 13.2 Å². The summed E-state index contributed by atoms with van der Waals surface area (Å²) in [5, 5.41) is -0.720. The first-order valence-electron chi connectivity index (χ1n) is 6.86. The van der Waals surface area contributed by atoms with Crippen molar-refractivity contribution in [2.75, 3.05) is 0 Å². The number of hydrogen-bond acceptors (Lipinski definition) is 0. The number of halogens is 4. The van der Waals surface area contributed by atoms with Gasteiger partial charge in [-0.2, -0.15) is 0 Å². The van der Waals surface area contributed by atoms with Crippen molar-refractivity contribution in [3.63, 3.8) is 0 Å². The predicted molar refractivity (Wildman–Crippen MR) is 70.7 cm³/mol. The second-order valence-electron chi connectivity index (χ2n) is 5.33. The van der Waals surface area contributed by atoms with E-state index in [-0.39, 0.29) is 5.56 Å². The Morgan fingerprint density at radius 1 is 1.05 bits per heavy atom. The molecular weight excluding hydrogens is 273 g/mol. The fraction of sp³-hybridized carbons (Fsp3) is 0.600. The molecule has 0 spiro atoms. The maximum Gasteiger partial charge on any atom is 0.133 e. The Labute approximate surface area is 117 Å². The Balaban J connectivity index is 1.97. The van der Waals surface area contributed by atoms with Crippen molar-refractivity contribution in [1.82, 2.24) is 0 Å². The quantitative estimate of drug-likeness (QED) is 0.620. The number of hydrogen-bond donors (Lipinski definition) is 0. The molecule has 1 atom stereocenters. The molecule has 1 fully saturated rings. The lowest BCUT2D eigenvalue weighted by molar-refractivity contribution is 0.330. The monoisotopic (exact) mass is 290 g/mol. The molecule has 1 aliphatic rings. The summed E-state index contributed by atoms with van der Waals surface area (Å²) in [5.41, 5.74) is -0.195. The minimum atomic E-state index is -0.908. The summed E-state index contributed by atoms with van der Waals surface area (Å²) in [5.74, 6) is -2.07. The van der Waals surface area contributed by atoms with Crippen LogP contribution in [0.3, 0.4) is 0 Å². The Hall–Kier alpha value is -0.700. The first-order chi connectivity index (χ1) is 9.08. The molecule has 1 unspecified atom stereocenters. The predicted octanol–water partition coefficient (Wildman–Crippen LogP) is 5.74. The zero-order valence-corrected chi connectivity index (χ0v) is 11.5. The van der Waals surface area contributed by atoms with Crippen molar-refractivity contribution in [2.45, 2.75) is 50.3 Å². The molecule has 0 radical (unpaired) electrons. The minimum absolute atomic E-state index is 0.195. The highest BCUT2D eigenvalue weighted by molar-refractivity contribution is 6.20. The maximum atomic E-state index is 13.6. The fourth-order valence-electron chi connectivity index (χ4n) is 2.85. The lowest BCUT2D eigenvalue weighted by Crippen LogP contribution is -2.08. The molecule has 0 nitrogen and oxygen atoms in total. The molecule has 19 heavy (non-hydrogen) atoms. The van der Waals surface area contributed by atoms with Crippen LogP contribution >= 0.6 is 11.6 Å². The van der Waals surface area contributed by atoms with Crippen LogP contribution in [-0.2, 0) is 0 Å². The van der Waals surface area contributed by atoms with Crippen LogP contribution in [0.15, 0.2) is 12.1 Å². The van der Waals surface area contributed by atoms with Gasteiger partial charge in [-0.3, -0.25) is 0 Å². The highest BCUT2D eigenvalue weighted by atomic mass is 35.5. The molecule has 106 valence electrons. The zero-order valence-electron chi connectivity index (χ0n) is 10.8. The van der Waals surface area contributed by atoms with E-state index in [4.69, 9.17) is 11.6 Å². The van der Waals surface area contributed by atoms with Crippen LogP contribution in [0.2, 0.25) is 0 Å². The first-order valence-corrected chi connectivity index (χ1v) is 7.30. The number of benzene rings is 1. The summed E-state index contributed by atoms with van der Waals surface area (Å²) in [4.78, 5) is 0. The van der Waals surface area contributed by atoms with Crippen molar-refractivity contribution in [3.8, 4) is 0 Å². The highest BCUT2D eigenvalue weighted by Gasteiger charge is 2.21. The van der Waals surface area contributed by atoms with E-state index in [0.717, 1.165) is 6.42 Å². The molecule has 0 amide bonds. The Morgan fingerprint density at radius 2 is 1.63 bits per heavy atom. The standard InChI is InChI=1S/C15H18ClF3/c16-12(7-6-10-4-2-1-3-5-10)15-13(18)8-11(17)9-14(15)19/h8-10,12H,1-7H2. The molecule has 0 aliphatic heterocycles. The van der Waals surface area contributed by atoms with Gasteiger partial charge < -0.3 is 0 Å². The molecule has 0 saturated heterocycles. The van der Waals surface area contributed by atoms with Gasteiger partial charge in [0.15, 0.2) is 0 Å². The van der Waals surface area contributed by atoms with Gasteiger partial charge in [-0.25, -0.2) is 13.2 Å². The molecule has 1 aliphatic carbocycles. The van der Waals surface area contributed by atoms with E-state index >= 15 is 0 Å². The number of rotatable bonds is 4. The topological polar surface area (TPSA) is 0 Å². The van der Waals surface area contributed by atoms with Gasteiger partial charge in [0, 0.05) is 17.7 Å². The number of alkyl halides is 1. The minimum Gasteiger partial charge on any atom is -0.207 e. The van der Waals surface area contributed by atoms with Crippen LogP contribution in [0.25, 0.3) is 0 Å². The average Bonchev–Trinajstić information content (AvgIpc) is 2.36. The van der Waals surface area contributed by atoms with Crippen molar-refractivity contribution < 1.29 is 13.2 Å². The Morgan fingerprint density at radius 3 is 2.21 bits per heavy atom. The van der Waals surface area contributed by atoms with E-state index in [0.29, 0.717) is 24.5 Å². The summed E-state index contributed by atoms with van der Waals surface area (Å²) in [6, 6.07) is 1.38. The molecule has 1 aromatic rings. The van der Waals surface area contributed by atoms with Crippen LogP contribution in [0.1, 0.15) is 55.9 Å². The van der Waals surface area contributed by atoms with Gasteiger partial charge in [-0.15, -0.1) is 11.6 Å². The van der Waals surface area contributed by atoms with E-state index < -0.39 is 22.8 Å². The third-order valence-electron chi connectivity index (χ3n) is 3.91. The zero-order chi connectivity index (χ0) is 13.8. The van der Waals surface area contributed by atoms with Crippen LogP contribution in [0.5, 0.6) is 0 Å². The molecule has 0 bridgehead atoms. The van der Waals surface area contributed by atoms with Gasteiger partial charge in [0.25, 0.3) is 0 Å². The van der Waals surface area contributed by atoms with Crippen LogP contribution in [-0.4, -0.2) is 0 Å². The summed E-state index contributed by atoms with van der Waals surface area (Å²) in [6.45, 7) is 0. The van der Waals surface area contributed by atoms with Crippen molar-refractivity contribution in [3.05, 3.63) is 35.1 Å². The van der Waals surface area contributed by atoms with Crippen molar-refractivity contribution >= 4 is 11.6 Å². The molecule has 2 rings (SSSR count). The van der Waals surface area contributed by atoms with Gasteiger partial charge >= 0.3 is 0 Å². The smallest absolute Gasteiger partial charge is 0.133 e. The molecule has 1 saturated carbocycles. The van der Waals surface area contributed by atoms with Gasteiger partial charge in [0.1, 0.15) is 17.5 Å². The van der Waals surface area contributed by atoms with Gasteiger partial charge in [-0.1, -0.05) is 32.1 Å². The van der Waals surface area contributed by atoms with Crippen LogP contribution < -0.4 is 0 Å². The molecule has 4 heteroatoms. The van der Waals surface area contributed by atoms with E-state index in [2.05, 4.69) is 0 Å².